The lowest BCUT2D eigenvalue weighted by Crippen LogP contribution is -2.25. The van der Waals surface area contributed by atoms with Gasteiger partial charge in [0.25, 0.3) is 5.91 Å². The summed E-state index contributed by atoms with van der Waals surface area (Å²) < 4.78 is 16.0. The number of carbonyl (C=O) groups is 3. The standard InChI is InChI=1S/C24H19NO6/c1-2-29-24(28)16-5-3-15(4-6-16)21-12-9-18(31-21)8-10-20(26)17-7-11-22-19(13-17)25-23(27)14-30-22/h3-13H,2,14H2,1H3,(H,25,27)/b10-8+. The lowest BCUT2D eigenvalue weighted by Gasteiger charge is -2.17. The van der Waals surface area contributed by atoms with E-state index in [1.165, 1.54) is 6.08 Å². The molecular weight excluding hydrogens is 398 g/mol. The van der Waals surface area contributed by atoms with Gasteiger partial charge in [0.15, 0.2) is 12.4 Å². The Morgan fingerprint density at radius 1 is 1.06 bits per heavy atom. The van der Waals surface area contributed by atoms with E-state index in [-0.39, 0.29) is 24.3 Å². The Bertz CT molecular complexity index is 1170. The summed E-state index contributed by atoms with van der Waals surface area (Å²) in [6, 6.07) is 15.3. The van der Waals surface area contributed by atoms with Crippen LogP contribution in [0.3, 0.4) is 0 Å². The first-order chi connectivity index (χ1) is 15.0. The molecular formula is C24H19NO6. The lowest BCUT2D eigenvalue weighted by molar-refractivity contribution is -0.118. The molecule has 0 aliphatic carbocycles. The van der Waals surface area contributed by atoms with Crippen LogP contribution in [-0.4, -0.2) is 30.9 Å². The van der Waals surface area contributed by atoms with Gasteiger partial charge in [-0.2, -0.15) is 0 Å². The highest BCUT2D eigenvalue weighted by Gasteiger charge is 2.17. The number of nitrogens with one attached hydrogen (secondary N) is 1. The lowest BCUT2D eigenvalue weighted by atomic mass is 10.1. The summed E-state index contributed by atoms with van der Waals surface area (Å²) >= 11 is 0. The molecule has 0 spiro atoms. The van der Waals surface area contributed by atoms with E-state index in [0.29, 0.717) is 40.7 Å². The third kappa shape index (κ3) is 4.56. The zero-order valence-corrected chi connectivity index (χ0v) is 16.7. The van der Waals surface area contributed by atoms with E-state index < -0.39 is 0 Å². The van der Waals surface area contributed by atoms with Gasteiger partial charge in [0.05, 0.1) is 17.9 Å². The molecule has 1 N–H and O–H groups in total. The molecule has 1 amide bonds. The van der Waals surface area contributed by atoms with Crippen LogP contribution in [0.4, 0.5) is 5.69 Å². The largest absolute Gasteiger partial charge is 0.482 e. The van der Waals surface area contributed by atoms with Crippen molar-refractivity contribution in [1.29, 1.82) is 0 Å². The molecule has 1 aromatic heterocycles. The van der Waals surface area contributed by atoms with Crippen LogP contribution in [0, 0.1) is 0 Å². The summed E-state index contributed by atoms with van der Waals surface area (Å²) in [5.74, 6) is 0.780. The number of fused-ring (bicyclic) bond motifs is 1. The van der Waals surface area contributed by atoms with Gasteiger partial charge in [-0.05, 0) is 61.5 Å². The molecule has 2 heterocycles. The minimum absolute atomic E-state index is 0.0351. The molecule has 7 nitrogen and oxygen atoms in total. The van der Waals surface area contributed by atoms with Gasteiger partial charge < -0.3 is 19.2 Å². The fraction of sp³-hybridized carbons (Fsp3) is 0.125. The van der Waals surface area contributed by atoms with E-state index in [9.17, 15) is 14.4 Å². The number of esters is 1. The van der Waals surface area contributed by atoms with Crippen molar-refractivity contribution in [2.75, 3.05) is 18.5 Å². The average Bonchev–Trinajstić information content (AvgIpc) is 3.26. The Hall–Kier alpha value is -4.13. The quantitative estimate of drug-likeness (QED) is 0.364. The summed E-state index contributed by atoms with van der Waals surface area (Å²) in [6.45, 7) is 2.04. The monoisotopic (exact) mass is 417 g/mol. The van der Waals surface area contributed by atoms with Crippen LogP contribution in [0.5, 0.6) is 5.75 Å². The second-order valence-electron chi connectivity index (χ2n) is 6.75. The van der Waals surface area contributed by atoms with E-state index >= 15 is 0 Å². The molecule has 7 heteroatoms. The highest BCUT2D eigenvalue weighted by Crippen LogP contribution is 2.29. The Kier molecular flexibility index (Phi) is 5.66. The zero-order chi connectivity index (χ0) is 21.8. The molecule has 31 heavy (non-hydrogen) atoms. The SMILES string of the molecule is CCOC(=O)c1ccc(-c2ccc(/C=C/C(=O)c3ccc4c(c3)NC(=O)CO4)o2)cc1. The van der Waals surface area contributed by atoms with Crippen LogP contribution in [-0.2, 0) is 9.53 Å². The maximum atomic E-state index is 12.5. The first kappa shape index (κ1) is 20.2. The topological polar surface area (TPSA) is 94.8 Å². The minimum Gasteiger partial charge on any atom is -0.482 e. The molecule has 0 fully saturated rings. The Morgan fingerprint density at radius 3 is 2.61 bits per heavy atom. The smallest absolute Gasteiger partial charge is 0.338 e. The van der Waals surface area contributed by atoms with Gasteiger partial charge in [0.1, 0.15) is 17.3 Å². The molecule has 156 valence electrons. The molecule has 0 atom stereocenters. The molecule has 0 saturated heterocycles. The van der Waals surface area contributed by atoms with Crippen LogP contribution in [0.25, 0.3) is 17.4 Å². The van der Waals surface area contributed by atoms with Gasteiger partial charge in [-0.25, -0.2) is 4.79 Å². The molecule has 0 bridgehead atoms. The number of allylic oxidation sites excluding steroid dienone is 1. The summed E-state index contributed by atoms with van der Waals surface area (Å²) in [6.07, 6.45) is 2.98. The summed E-state index contributed by atoms with van der Waals surface area (Å²) in [5.41, 5.74) is 2.16. The van der Waals surface area contributed by atoms with Crippen molar-refractivity contribution in [3.05, 3.63) is 77.6 Å². The van der Waals surface area contributed by atoms with Gasteiger partial charge in [0, 0.05) is 11.1 Å². The second-order valence-corrected chi connectivity index (χ2v) is 6.75. The minimum atomic E-state index is -0.371. The van der Waals surface area contributed by atoms with Gasteiger partial charge in [-0.15, -0.1) is 0 Å². The molecule has 4 rings (SSSR count). The number of carbonyl (C=O) groups excluding carboxylic acids is 3. The number of amides is 1. The Balaban J connectivity index is 1.45. The second kappa shape index (κ2) is 8.71. The first-order valence-electron chi connectivity index (χ1n) is 9.70. The first-order valence-corrected chi connectivity index (χ1v) is 9.70. The molecule has 3 aromatic rings. The predicted molar refractivity (Wildman–Crippen MR) is 114 cm³/mol. The van der Waals surface area contributed by atoms with Crippen molar-refractivity contribution in [2.45, 2.75) is 6.92 Å². The molecule has 0 unspecified atom stereocenters. The van der Waals surface area contributed by atoms with E-state index in [0.717, 1.165) is 5.56 Å². The highest BCUT2D eigenvalue weighted by molar-refractivity contribution is 6.08. The Labute approximate surface area is 178 Å². The van der Waals surface area contributed by atoms with Crippen LogP contribution in [0.15, 0.2) is 65.1 Å². The van der Waals surface area contributed by atoms with Crippen molar-refractivity contribution >= 4 is 29.4 Å². The predicted octanol–water partition coefficient (Wildman–Crippen LogP) is 4.35. The third-order valence-corrected chi connectivity index (χ3v) is 4.60. The van der Waals surface area contributed by atoms with E-state index in [4.69, 9.17) is 13.9 Å². The fourth-order valence-corrected chi connectivity index (χ4v) is 3.07. The van der Waals surface area contributed by atoms with Crippen LogP contribution in [0.2, 0.25) is 0 Å². The molecule has 0 radical (unpaired) electrons. The number of ketones is 1. The van der Waals surface area contributed by atoms with Crippen molar-refractivity contribution in [3.63, 3.8) is 0 Å². The average molecular weight is 417 g/mol. The van der Waals surface area contributed by atoms with Crippen molar-refractivity contribution < 1.29 is 28.3 Å². The van der Waals surface area contributed by atoms with Gasteiger partial charge >= 0.3 is 5.97 Å². The van der Waals surface area contributed by atoms with Gasteiger partial charge in [-0.3, -0.25) is 9.59 Å². The third-order valence-electron chi connectivity index (χ3n) is 4.60. The number of furan rings is 1. The summed E-state index contributed by atoms with van der Waals surface area (Å²) in [7, 11) is 0. The number of hydrogen-bond donors (Lipinski definition) is 1. The molecule has 2 aromatic carbocycles. The summed E-state index contributed by atoms with van der Waals surface area (Å²) in [5, 5.41) is 2.68. The van der Waals surface area contributed by atoms with Gasteiger partial charge in [-0.1, -0.05) is 12.1 Å². The maximum Gasteiger partial charge on any atom is 0.338 e. The zero-order valence-electron chi connectivity index (χ0n) is 16.7. The van der Waals surface area contributed by atoms with Crippen LogP contribution < -0.4 is 10.1 Å². The van der Waals surface area contributed by atoms with E-state index in [1.54, 1.807) is 67.6 Å². The molecule has 0 saturated carbocycles. The van der Waals surface area contributed by atoms with Gasteiger partial charge in [0.2, 0.25) is 0 Å². The van der Waals surface area contributed by atoms with E-state index in [1.807, 2.05) is 0 Å². The number of hydrogen-bond acceptors (Lipinski definition) is 6. The maximum absolute atomic E-state index is 12.5. The summed E-state index contributed by atoms with van der Waals surface area (Å²) in [4.78, 5) is 35.7. The molecule has 1 aliphatic rings. The van der Waals surface area contributed by atoms with Crippen LogP contribution >= 0.6 is 0 Å². The van der Waals surface area contributed by atoms with E-state index in [2.05, 4.69) is 5.32 Å². The number of benzene rings is 2. The van der Waals surface area contributed by atoms with Crippen molar-refractivity contribution in [1.82, 2.24) is 0 Å². The van der Waals surface area contributed by atoms with Crippen molar-refractivity contribution in [3.8, 4) is 17.1 Å². The normalized spacial score (nSPS) is 12.7. The molecule has 1 aliphatic heterocycles. The fourth-order valence-electron chi connectivity index (χ4n) is 3.07. The number of anilines is 1. The number of ether oxygens (including phenoxy) is 2. The van der Waals surface area contributed by atoms with Crippen LogP contribution in [0.1, 0.15) is 33.4 Å². The highest BCUT2D eigenvalue weighted by atomic mass is 16.5. The van der Waals surface area contributed by atoms with Crippen molar-refractivity contribution in [2.24, 2.45) is 0 Å². The Morgan fingerprint density at radius 2 is 1.84 bits per heavy atom. The number of rotatable bonds is 6.